The van der Waals surface area contributed by atoms with E-state index in [1.807, 2.05) is 0 Å². The molecule has 20 heavy (non-hydrogen) atoms. The van der Waals surface area contributed by atoms with Crippen molar-refractivity contribution in [2.45, 2.75) is 25.3 Å². The summed E-state index contributed by atoms with van der Waals surface area (Å²) in [5.74, 6) is 1.28. The SMILES string of the molecule is Fc1cc(Cl)c2c(c1)c(C1CC1)cn2CC1=NCCN1. The van der Waals surface area contributed by atoms with E-state index < -0.39 is 0 Å². The van der Waals surface area contributed by atoms with E-state index in [1.54, 1.807) is 6.07 Å². The van der Waals surface area contributed by atoms with Crippen molar-refractivity contribution in [3.05, 3.63) is 34.7 Å². The second-order valence-electron chi connectivity index (χ2n) is 5.53. The molecule has 2 aromatic rings. The molecule has 1 aromatic carbocycles. The summed E-state index contributed by atoms with van der Waals surface area (Å²) in [6.45, 7) is 2.40. The zero-order chi connectivity index (χ0) is 13.7. The summed E-state index contributed by atoms with van der Waals surface area (Å²) >= 11 is 6.27. The standard InChI is InChI=1S/C15H15ClFN3/c16-13-6-10(17)5-11-12(9-1-2-9)7-20(15(11)13)8-14-18-3-4-19-14/h5-7,9H,1-4,8H2,(H,18,19). The highest BCUT2D eigenvalue weighted by molar-refractivity contribution is 6.35. The summed E-state index contributed by atoms with van der Waals surface area (Å²) in [5.41, 5.74) is 2.14. The highest BCUT2D eigenvalue weighted by Crippen LogP contribution is 2.45. The third kappa shape index (κ3) is 1.99. The van der Waals surface area contributed by atoms with Crippen LogP contribution in [-0.4, -0.2) is 23.5 Å². The van der Waals surface area contributed by atoms with E-state index in [0.717, 1.165) is 29.8 Å². The molecule has 4 rings (SSSR count). The van der Waals surface area contributed by atoms with Gasteiger partial charge in [-0.3, -0.25) is 4.99 Å². The summed E-state index contributed by atoms with van der Waals surface area (Å²) in [4.78, 5) is 4.42. The zero-order valence-electron chi connectivity index (χ0n) is 11.0. The predicted octanol–water partition coefficient (Wildman–Crippen LogP) is 3.31. The number of aromatic nitrogens is 1. The van der Waals surface area contributed by atoms with E-state index >= 15 is 0 Å². The lowest BCUT2D eigenvalue weighted by Crippen LogP contribution is -2.23. The Kier molecular flexibility index (Phi) is 2.74. The fourth-order valence-electron chi connectivity index (χ4n) is 2.94. The molecule has 3 nitrogen and oxygen atoms in total. The Morgan fingerprint density at radius 2 is 2.25 bits per heavy atom. The average Bonchev–Trinajstić information content (AvgIpc) is 3.00. The fraction of sp³-hybridized carbons (Fsp3) is 0.400. The van der Waals surface area contributed by atoms with Crippen molar-refractivity contribution < 1.29 is 4.39 Å². The molecule has 104 valence electrons. The molecule has 0 spiro atoms. The van der Waals surface area contributed by atoms with Crippen molar-refractivity contribution in [1.29, 1.82) is 0 Å². The van der Waals surface area contributed by atoms with Crippen LogP contribution in [0.15, 0.2) is 23.3 Å². The van der Waals surface area contributed by atoms with E-state index in [0.29, 0.717) is 17.5 Å². The van der Waals surface area contributed by atoms with Gasteiger partial charge in [0.2, 0.25) is 0 Å². The van der Waals surface area contributed by atoms with Crippen LogP contribution in [0.1, 0.15) is 24.3 Å². The van der Waals surface area contributed by atoms with Gasteiger partial charge in [0.05, 0.1) is 23.6 Å². The van der Waals surface area contributed by atoms with Crippen molar-refractivity contribution in [1.82, 2.24) is 9.88 Å². The topological polar surface area (TPSA) is 29.3 Å². The molecule has 1 aliphatic heterocycles. The maximum atomic E-state index is 13.6. The number of nitrogens with zero attached hydrogens (tertiary/aromatic N) is 2. The average molecular weight is 292 g/mol. The molecule has 0 unspecified atom stereocenters. The predicted molar refractivity (Wildman–Crippen MR) is 79.2 cm³/mol. The van der Waals surface area contributed by atoms with Gasteiger partial charge in [0.1, 0.15) is 11.7 Å². The van der Waals surface area contributed by atoms with E-state index in [9.17, 15) is 4.39 Å². The van der Waals surface area contributed by atoms with Gasteiger partial charge >= 0.3 is 0 Å². The number of rotatable bonds is 3. The second-order valence-corrected chi connectivity index (χ2v) is 5.93. The molecule has 2 aliphatic rings. The fourth-order valence-corrected chi connectivity index (χ4v) is 3.25. The molecule has 0 amide bonds. The van der Waals surface area contributed by atoms with Gasteiger partial charge in [0, 0.05) is 18.1 Å². The van der Waals surface area contributed by atoms with Crippen LogP contribution in [0.5, 0.6) is 0 Å². The first-order valence-corrected chi connectivity index (χ1v) is 7.35. The summed E-state index contributed by atoms with van der Waals surface area (Å²) in [7, 11) is 0. The second kappa shape index (κ2) is 4.48. The summed E-state index contributed by atoms with van der Waals surface area (Å²) in [5, 5.41) is 4.70. The Morgan fingerprint density at radius 3 is 2.95 bits per heavy atom. The maximum Gasteiger partial charge on any atom is 0.125 e. The minimum Gasteiger partial charge on any atom is -0.370 e. The quantitative estimate of drug-likeness (QED) is 0.923. The number of fused-ring (bicyclic) bond motifs is 1. The van der Waals surface area contributed by atoms with Crippen LogP contribution >= 0.6 is 11.6 Å². The zero-order valence-corrected chi connectivity index (χ0v) is 11.8. The third-order valence-electron chi connectivity index (χ3n) is 4.00. The number of aliphatic imine (C=N–C) groups is 1. The van der Waals surface area contributed by atoms with Crippen LogP contribution in [0.2, 0.25) is 5.02 Å². The van der Waals surface area contributed by atoms with Gasteiger partial charge < -0.3 is 9.88 Å². The van der Waals surface area contributed by atoms with Gasteiger partial charge in [-0.15, -0.1) is 0 Å². The van der Waals surface area contributed by atoms with Crippen LogP contribution in [-0.2, 0) is 6.54 Å². The normalized spacial score (nSPS) is 18.4. The van der Waals surface area contributed by atoms with Gasteiger partial charge in [-0.2, -0.15) is 0 Å². The van der Waals surface area contributed by atoms with Crippen molar-refractivity contribution in [2.24, 2.45) is 4.99 Å². The minimum atomic E-state index is -0.265. The van der Waals surface area contributed by atoms with Gasteiger partial charge in [0.15, 0.2) is 0 Å². The number of hydrogen-bond donors (Lipinski definition) is 1. The maximum absolute atomic E-state index is 13.6. The van der Waals surface area contributed by atoms with Gasteiger partial charge in [0.25, 0.3) is 0 Å². The van der Waals surface area contributed by atoms with E-state index in [1.165, 1.54) is 24.5 Å². The molecule has 0 radical (unpaired) electrons. The minimum absolute atomic E-state index is 0.265. The number of hydrogen-bond acceptors (Lipinski definition) is 2. The third-order valence-corrected chi connectivity index (χ3v) is 4.29. The number of nitrogens with one attached hydrogen (secondary N) is 1. The molecule has 0 atom stereocenters. The first kappa shape index (κ1) is 12.2. The lowest BCUT2D eigenvalue weighted by molar-refractivity contribution is 0.629. The molecular formula is C15H15ClFN3. The molecule has 1 fully saturated rings. The Bertz CT molecular complexity index is 715. The highest BCUT2D eigenvalue weighted by atomic mass is 35.5. The molecule has 5 heteroatoms. The van der Waals surface area contributed by atoms with Crippen LogP contribution in [0.25, 0.3) is 10.9 Å². The summed E-state index contributed by atoms with van der Waals surface area (Å²) in [6, 6.07) is 3.00. The number of halogens is 2. The molecule has 1 N–H and O–H groups in total. The number of benzene rings is 1. The van der Waals surface area contributed by atoms with Crippen molar-refractivity contribution >= 4 is 28.3 Å². The largest absolute Gasteiger partial charge is 0.370 e. The molecule has 2 heterocycles. The smallest absolute Gasteiger partial charge is 0.125 e. The van der Waals surface area contributed by atoms with Crippen molar-refractivity contribution in [3.63, 3.8) is 0 Å². The van der Waals surface area contributed by atoms with Crippen LogP contribution < -0.4 is 5.32 Å². The van der Waals surface area contributed by atoms with Crippen molar-refractivity contribution in [3.8, 4) is 0 Å². The van der Waals surface area contributed by atoms with Crippen LogP contribution in [0, 0.1) is 5.82 Å². The van der Waals surface area contributed by atoms with Gasteiger partial charge in [-0.05, 0) is 36.5 Å². The van der Waals surface area contributed by atoms with Gasteiger partial charge in [-0.25, -0.2) is 4.39 Å². The molecule has 1 saturated carbocycles. The molecule has 0 saturated heterocycles. The molecule has 1 aromatic heterocycles. The Balaban J connectivity index is 1.86. The molecular weight excluding hydrogens is 277 g/mol. The lowest BCUT2D eigenvalue weighted by Gasteiger charge is -2.07. The Morgan fingerprint density at radius 1 is 1.40 bits per heavy atom. The highest BCUT2D eigenvalue weighted by Gasteiger charge is 2.28. The lowest BCUT2D eigenvalue weighted by atomic mass is 10.1. The van der Waals surface area contributed by atoms with E-state index in [4.69, 9.17) is 11.6 Å². The molecule has 1 aliphatic carbocycles. The monoisotopic (exact) mass is 291 g/mol. The van der Waals surface area contributed by atoms with Gasteiger partial charge in [-0.1, -0.05) is 11.6 Å². The first-order valence-electron chi connectivity index (χ1n) is 6.97. The van der Waals surface area contributed by atoms with Crippen LogP contribution in [0.3, 0.4) is 0 Å². The van der Waals surface area contributed by atoms with Crippen molar-refractivity contribution in [2.75, 3.05) is 13.1 Å². The summed E-state index contributed by atoms with van der Waals surface area (Å²) < 4.78 is 15.7. The van der Waals surface area contributed by atoms with E-state index in [2.05, 4.69) is 21.1 Å². The Hall–Kier alpha value is -1.55. The Labute approximate surface area is 121 Å². The molecule has 0 bridgehead atoms. The van der Waals surface area contributed by atoms with Crippen LogP contribution in [0.4, 0.5) is 4.39 Å². The summed E-state index contributed by atoms with van der Waals surface area (Å²) in [6.07, 6.45) is 4.50. The first-order chi connectivity index (χ1) is 9.72. The number of amidine groups is 1. The van der Waals surface area contributed by atoms with E-state index in [-0.39, 0.29) is 5.82 Å².